The number of piperazine rings is 1. The van der Waals surface area contributed by atoms with E-state index in [2.05, 4.69) is 39.4 Å². The molecule has 1 aromatic carbocycles. The molecule has 5 rings (SSSR count). The van der Waals surface area contributed by atoms with Gasteiger partial charge in [-0.25, -0.2) is 0 Å². The summed E-state index contributed by atoms with van der Waals surface area (Å²) in [5.74, 6) is 0.0478. The Hall–Kier alpha value is -2.18. The summed E-state index contributed by atoms with van der Waals surface area (Å²) < 4.78 is 5.52. The maximum Gasteiger partial charge on any atom is 0.274 e. The van der Waals surface area contributed by atoms with E-state index in [1.165, 1.54) is 24.0 Å². The number of aromatic nitrogens is 2. The zero-order valence-corrected chi connectivity index (χ0v) is 15.6. The molecule has 1 aromatic heterocycles. The van der Waals surface area contributed by atoms with Gasteiger partial charge in [0, 0.05) is 49.9 Å². The Bertz CT molecular complexity index is 838. The first kappa shape index (κ1) is 17.0. The first-order valence-electron chi connectivity index (χ1n) is 10.0. The minimum absolute atomic E-state index is 0.0478. The van der Waals surface area contributed by atoms with E-state index in [1.807, 2.05) is 4.90 Å². The van der Waals surface area contributed by atoms with Crippen LogP contribution in [0.15, 0.2) is 24.3 Å². The number of carbonyl (C=O) groups excluding carboxylic acids is 1. The van der Waals surface area contributed by atoms with Crippen molar-refractivity contribution in [1.82, 2.24) is 20.0 Å². The second kappa shape index (κ2) is 7.09. The summed E-state index contributed by atoms with van der Waals surface area (Å²) in [5.41, 5.74) is 5.58. The summed E-state index contributed by atoms with van der Waals surface area (Å²) in [6, 6.07) is 9.42. The lowest BCUT2D eigenvalue weighted by molar-refractivity contribution is 0.0540. The lowest BCUT2D eigenvalue weighted by atomic mass is 9.87. The van der Waals surface area contributed by atoms with Gasteiger partial charge in [-0.05, 0) is 30.4 Å². The van der Waals surface area contributed by atoms with Crippen molar-refractivity contribution < 1.29 is 9.53 Å². The Morgan fingerprint density at radius 3 is 2.78 bits per heavy atom. The third kappa shape index (κ3) is 3.17. The SMILES string of the molecule is O=C(c1n[nH]c2c1COCC2)N1CCN([C@H]2CCc3ccccc3C2)CC1. The van der Waals surface area contributed by atoms with Gasteiger partial charge >= 0.3 is 0 Å². The summed E-state index contributed by atoms with van der Waals surface area (Å²) in [6.07, 6.45) is 4.33. The summed E-state index contributed by atoms with van der Waals surface area (Å²) >= 11 is 0. The molecule has 3 aliphatic rings. The van der Waals surface area contributed by atoms with Crippen LogP contribution < -0.4 is 0 Å². The minimum atomic E-state index is 0.0478. The molecule has 2 aromatic rings. The molecule has 0 radical (unpaired) electrons. The highest BCUT2D eigenvalue weighted by Gasteiger charge is 2.31. The molecule has 1 atom stereocenters. The Morgan fingerprint density at radius 1 is 1.11 bits per heavy atom. The zero-order valence-electron chi connectivity index (χ0n) is 15.6. The third-order valence-electron chi connectivity index (χ3n) is 6.34. The van der Waals surface area contributed by atoms with Gasteiger partial charge in [0.25, 0.3) is 5.91 Å². The molecule has 0 unspecified atom stereocenters. The van der Waals surface area contributed by atoms with Gasteiger partial charge in [-0.3, -0.25) is 14.8 Å². The molecule has 1 aliphatic carbocycles. The first-order chi connectivity index (χ1) is 13.3. The highest BCUT2D eigenvalue weighted by atomic mass is 16.5. The zero-order chi connectivity index (χ0) is 18.2. The number of nitrogens with one attached hydrogen (secondary N) is 1. The molecule has 1 amide bonds. The summed E-state index contributed by atoms with van der Waals surface area (Å²) in [5, 5.41) is 7.33. The Morgan fingerprint density at radius 2 is 1.93 bits per heavy atom. The highest BCUT2D eigenvalue weighted by Crippen LogP contribution is 2.26. The van der Waals surface area contributed by atoms with Gasteiger partial charge in [0.15, 0.2) is 5.69 Å². The Balaban J connectivity index is 1.22. The normalized spacial score (nSPS) is 23.0. The van der Waals surface area contributed by atoms with Crippen LogP contribution in [-0.4, -0.2) is 64.7 Å². The molecule has 3 heterocycles. The van der Waals surface area contributed by atoms with Gasteiger partial charge < -0.3 is 9.64 Å². The molecular formula is C21H26N4O2. The van der Waals surface area contributed by atoms with Crippen LogP contribution in [-0.2, 0) is 30.6 Å². The van der Waals surface area contributed by atoms with Crippen LogP contribution in [0.3, 0.4) is 0 Å². The summed E-state index contributed by atoms with van der Waals surface area (Å²) in [7, 11) is 0. The maximum atomic E-state index is 12.9. The number of fused-ring (bicyclic) bond motifs is 2. The summed E-state index contributed by atoms with van der Waals surface area (Å²) in [6.45, 7) is 4.64. The fourth-order valence-electron chi connectivity index (χ4n) is 4.72. The van der Waals surface area contributed by atoms with Crippen molar-refractivity contribution in [2.45, 2.75) is 38.3 Å². The number of nitrogens with zero attached hydrogens (tertiary/aromatic N) is 3. The number of aryl methyl sites for hydroxylation is 1. The van der Waals surface area contributed by atoms with Crippen LogP contribution in [0.25, 0.3) is 0 Å². The van der Waals surface area contributed by atoms with Gasteiger partial charge in [0.1, 0.15) is 0 Å². The first-order valence-corrected chi connectivity index (χ1v) is 10.0. The predicted octanol–water partition coefficient (Wildman–Crippen LogP) is 1.80. The fourth-order valence-corrected chi connectivity index (χ4v) is 4.72. The van der Waals surface area contributed by atoms with Gasteiger partial charge in [-0.15, -0.1) is 0 Å². The molecule has 0 spiro atoms. The van der Waals surface area contributed by atoms with Crippen molar-refractivity contribution in [3.05, 3.63) is 52.3 Å². The van der Waals surface area contributed by atoms with Crippen LogP contribution >= 0.6 is 0 Å². The van der Waals surface area contributed by atoms with Crippen LogP contribution in [0, 0.1) is 0 Å². The lowest BCUT2D eigenvalue weighted by Crippen LogP contribution is -2.53. The van der Waals surface area contributed by atoms with Gasteiger partial charge in [-0.1, -0.05) is 24.3 Å². The topological polar surface area (TPSA) is 61.5 Å². The van der Waals surface area contributed by atoms with Gasteiger partial charge in [0.05, 0.1) is 13.2 Å². The molecule has 6 nitrogen and oxygen atoms in total. The fraction of sp³-hybridized carbons (Fsp3) is 0.524. The molecule has 2 aliphatic heterocycles. The monoisotopic (exact) mass is 366 g/mol. The second-order valence-electron chi connectivity index (χ2n) is 7.83. The van der Waals surface area contributed by atoms with Gasteiger partial charge in [0.2, 0.25) is 0 Å². The van der Waals surface area contributed by atoms with E-state index in [-0.39, 0.29) is 5.91 Å². The lowest BCUT2D eigenvalue weighted by Gasteiger charge is -2.41. The molecular weight excluding hydrogens is 340 g/mol. The number of benzene rings is 1. The van der Waals surface area contributed by atoms with E-state index in [9.17, 15) is 4.79 Å². The van der Waals surface area contributed by atoms with Crippen LogP contribution in [0.2, 0.25) is 0 Å². The van der Waals surface area contributed by atoms with Crippen molar-refractivity contribution in [3.8, 4) is 0 Å². The van der Waals surface area contributed by atoms with E-state index in [4.69, 9.17) is 4.74 Å². The predicted molar refractivity (Wildman–Crippen MR) is 102 cm³/mol. The number of ether oxygens (including phenoxy) is 1. The quantitative estimate of drug-likeness (QED) is 0.880. The number of hydrogen-bond donors (Lipinski definition) is 1. The minimum Gasteiger partial charge on any atom is -0.376 e. The van der Waals surface area contributed by atoms with Crippen molar-refractivity contribution in [2.75, 3.05) is 32.8 Å². The molecule has 27 heavy (non-hydrogen) atoms. The molecule has 6 heteroatoms. The van der Waals surface area contributed by atoms with Crippen LogP contribution in [0.4, 0.5) is 0 Å². The molecule has 1 fully saturated rings. The average Bonchev–Trinajstić information content (AvgIpc) is 3.17. The second-order valence-corrected chi connectivity index (χ2v) is 7.83. The van der Waals surface area contributed by atoms with E-state index < -0.39 is 0 Å². The van der Waals surface area contributed by atoms with Gasteiger partial charge in [-0.2, -0.15) is 5.10 Å². The van der Waals surface area contributed by atoms with Crippen LogP contribution in [0.5, 0.6) is 0 Å². The number of rotatable bonds is 2. The molecule has 0 saturated carbocycles. The number of amides is 1. The smallest absolute Gasteiger partial charge is 0.274 e. The average molecular weight is 366 g/mol. The molecule has 1 N–H and O–H groups in total. The maximum absolute atomic E-state index is 12.9. The largest absolute Gasteiger partial charge is 0.376 e. The number of hydrogen-bond acceptors (Lipinski definition) is 4. The summed E-state index contributed by atoms with van der Waals surface area (Å²) in [4.78, 5) is 17.5. The number of aromatic amines is 1. The standard InChI is InChI=1S/C21H26N4O2/c26-21(20-18-14-27-12-7-19(18)22-23-20)25-10-8-24(9-11-25)17-6-5-15-3-1-2-4-16(15)13-17/h1-4,17H,5-14H2,(H,22,23)/t17-/m0/s1. The Kier molecular flexibility index (Phi) is 4.45. The van der Waals surface area contributed by atoms with Crippen LogP contribution in [0.1, 0.15) is 39.3 Å². The van der Waals surface area contributed by atoms with Crippen molar-refractivity contribution >= 4 is 5.91 Å². The van der Waals surface area contributed by atoms with E-state index in [1.54, 1.807) is 0 Å². The molecule has 1 saturated heterocycles. The van der Waals surface area contributed by atoms with E-state index in [0.717, 1.165) is 50.3 Å². The van der Waals surface area contributed by atoms with Crippen molar-refractivity contribution in [3.63, 3.8) is 0 Å². The molecule has 0 bridgehead atoms. The van der Waals surface area contributed by atoms with E-state index in [0.29, 0.717) is 24.9 Å². The number of H-pyrrole nitrogens is 1. The number of carbonyl (C=O) groups is 1. The highest BCUT2D eigenvalue weighted by molar-refractivity contribution is 5.94. The Labute approximate surface area is 159 Å². The van der Waals surface area contributed by atoms with Crippen molar-refractivity contribution in [2.24, 2.45) is 0 Å². The third-order valence-corrected chi connectivity index (χ3v) is 6.34. The molecule has 142 valence electrons. The van der Waals surface area contributed by atoms with Crippen molar-refractivity contribution in [1.29, 1.82) is 0 Å². The van der Waals surface area contributed by atoms with E-state index >= 15 is 0 Å².